The fourth-order valence-corrected chi connectivity index (χ4v) is 2.40. The minimum atomic E-state index is -0.839. The third kappa shape index (κ3) is 4.14. The summed E-state index contributed by atoms with van der Waals surface area (Å²) in [7, 11) is 0. The smallest absolute Gasteiger partial charge is 0.303 e. The zero-order chi connectivity index (χ0) is 17.6. The summed E-state index contributed by atoms with van der Waals surface area (Å²) < 4.78 is 5.46. The van der Waals surface area contributed by atoms with Crippen LogP contribution in [-0.2, 0) is 4.79 Å². The number of benzene rings is 2. The number of para-hydroxylation sites is 1. The first-order valence-corrected chi connectivity index (χ1v) is 7.81. The number of carbonyl (C=O) groups excluding carboxylic acids is 1. The molecular weight excluding hydrogens is 322 g/mol. The van der Waals surface area contributed by atoms with Crippen molar-refractivity contribution in [3.05, 3.63) is 54.2 Å². The van der Waals surface area contributed by atoms with Gasteiger partial charge >= 0.3 is 5.97 Å². The summed E-state index contributed by atoms with van der Waals surface area (Å²) in [5, 5.41) is 19.1. The third-order valence-corrected chi connectivity index (χ3v) is 3.64. The first kappa shape index (κ1) is 16.5. The van der Waals surface area contributed by atoms with Gasteiger partial charge in [-0.25, -0.2) is 0 Å². The molecule has 128 valence electrons. The van der Waals surface area contributed by atoms with E-state index < -0.39 is 5.97 Å². The molecular formula is C18H17N3O4. The van der Waals surface area contributed by atoms with E-state index in [1.807, 2.05) is 6.07 Å². The molecule has 0 unspecified atom stereocenters. The number of rotatable bonds is 7. The molecule has 0 saturated carbocycles. The predicted octanol–water partition coefficient (Wildman–Crippen LogP) is 3.06. The second-order valence-corrected chi connectivity index (χ2v) is 5.46. The lowest BCUT2D eigenvalue weighted by atomic mass is 10.1. The summed E-state index contributed by atoms with van der Waals surface area (Å²) in [6.07, 6.45) is 2.19. The molecule has 0 aliphatic carbocycles. The zero-order valence-electron chi connectivity index (χ0n) is 13.4. The third-order valence-electron chi connectivity index (χ3n) is 3.64. The highest BCUT2D eigenvalue weighted by Crippen LogP contribution is 2.19. The van der Waals surface area contributed by atoms with Crippen LogP contribution in [0.4, 0.5) is 5.69 Å². The Morgan fingerprint density at radius 3 is 2.72 bits per heavy atom. The summed E-state index contributed by atoms with van der Waals surface area (Å²) in [4.78, 5) is 22.9. The Labute approximate surface area is 143 Å². The van der Waals surface area contributed by atoms with Crippen LogP contribution in [0.3, 0.4) is 0 Å². The van der Waals surface area contributed by atoms with E-state index in [9.17, 15) is 9.59 Å². The number of fused-ring (bicyclic) bond motifs is 1. The molecule has 0 atom stereocenters. The number of nitrogens with one attached hydrogen (secondary N) is 2. The topological polar surface area (TPSA) is 104 Å². The van der Waals surface area contributed by atoms with Crippen LogP contribution >= 0.6 is 0 Å². The van der Waals surface area contributed by atoms with Crippen LogP contribution in [0.1, 0.15) is 23.2 Å². The van der Waals surface area contributed by atoms with Crippen LogP contribution < -0.4 is 10.1 Å². The molecule has 7 heteroatoms. The second kappa shape index (κ2) is 7.48. The van der Waals surface area contributed by atoms with Crippen molar-refractivity contribution in [3.63, 3.8) is 0 Å². The van der Waals surface area contributed by atoms with Crippen molar-refractivity contribution in [2.75, 3.05) is 11.9 Å². The van der Waals surface area contributed by atoms with Crippen LogP contribution in [0.2, 0.25) is 0 Å². The van der Waals surface area contributed by atoms with E-state index in [-0.39, 0.29) is 12.3 Å². The number of carboxylic acid groups (broad SMARTS) is 1. The molecule has 3 rings (SSSR count). The fraction of sp³-hybridized carbons (Fsp3) is 0.167. The number of H-pyrrole nitrogens is 1. The predicted molar refractivity (Wildman–Crippen MR) is 92.9 cm³/mol. The normalized spacial score (nSPS) is 10.6. The molecule has 3 aromatic rings. The number of carboxylic acids is 1. The van der Waals surface area contributed by atoms with Crippen molar-refractivity contribution >= 4 is 28.5 Å². The Kier molecular flexibility index (Phi) is 4.94. The number of hydrogen-bond acceptors (Lipinski definition) is 4. The summed E-state index contributed by atoms with van der Waals surface area (Å²) in [6, 6.07) is 12.3. The highest BCUT2D eigenvalue weighted by molar-refractivity contribution is 6.11. The van der Waals surface area contributed by atoms with Gasteiger partial charge in [0, 0.05) is 17.5 Å². The number of aromatic amines is 1. The summed E-state index contributed by atoms with van der Waals surface area (Å²) in [5.41, 5.74) is 1.85. The fourth-order valence-electron chi connectivity index (χ4n) is 2.40. The van der Waals surface area contributed by atoms with Crippen molar-refractivity contribution in [2.45, 2.75) is 12.8 Å². The van der Waals surface area contributed by atoms with Crippen LogP contribution in [-0.4, -0.2) is 33.8 Å². The van der Waals surface area contributed by atoms with E-state index in [4.69, 9.17) is 9.84 Å². The average molecular weight is 339 g/mol. The van der Waals surface area contributed by atoms with Gasteiger partial charge in [0.1, 0.15) is 5.75 Å². The lowest BCUT2D eigenvalue weighted by Crippen LogP contribution is -2.12. The monoisotopic (exact) mass is 339 g/mol. The number of ether oxygens (including phenoxy) is 1. The average Bonchev–Trinajstić information content (AvgIpc) is 3.08. The van der Waals surface area contributed by atoms with Crippen molar-refractivity contribution in [3.8, 4) is 5.75 Å². The molecule has 1 aromatic heterocycles. The van der Waals surface area contributed by atoms with Crippen molar-refractivity contribution < 1.29 is 19.4 Å². The molecule has 3 N–H and O–H groups in total. The van der Waals surface area contributed by atoms with Gasteiger partial charge < -0.3 is 15.2 Å². The first-order chi connectivity index (χ1) is 12.1. The van der Waals surface area contributed by atoms with E-state index >= 15 is 0 Å². The largest absolute Gasteiger partial charge is 0.494 e. The highest BCUT2D eigenvalue weighted by atomic mass is 16.5. The minimum Gasteiger partial charge on any atom is -0.494 e. The van der Waals surface area contributed by atoms with E-state index in [0.717, 1.165) is 5.39 Å². The van der Waals surface area contributed by atoms with Gasteiger partial charge in [0.2, 0.25) is 0 Å². The van der Waals surface area contributed by atoms with E-state index in [0.29, 0.717) is 35.5 Å². The van der Waals surface area contributed by atoms with Gasteiger partial charge in [-0.15, -0.1) is 0 Å². The van der Waals surface area contributed by atoms with E-state index in [1.165, 1.54) is 0 Å². The molecule has 7 nitrogen and oxygen atoms in total. The number of carbonyl (C=O) groups is 2. The second-order valence-electron chi connectivity index (χ2n) is 5.46. The van der Waals surface area contributed by atoms with E-state index in [1.54, 1.807) is 42.6 Å². The number of hydrogen-bond donors (Lipinski definition) is 3. The zero-order valence-corrected chi connectivity index (χ0v) is 13.4. The molecule has 0 bridgehead atoms. The Bertz CT molecular complexity index is 887. The molecule has 0 spiro atoms. The number of aliphatic carboxylic acids is 1. The van der Waals surface area contributed by atoms with E-state index in [2.05, 4.69) is 15.5 Å². The summed E-state index contributed by atoms with van der Waals surface area (Å²) in [5.74, 6) is -0.446. The molecule has 2 aromatic carbocycles. The van der Waals surface area contributed by atoms with Gasteiger partial charge in [-0.2, -0.15) is 5.10 Å². The summed E-state index contributed by atoms with van der Waals surface area (Å²) >= 11 is 0. The van der Waals surface area contributed by atoms with Crippen molar-refractivity contribution in [2.24, 2.45) is 0 Å². The Balaban J connectivity index is 1.60. The molecule has 1 amide bonds. The molecule has 0 radical (unpaired) electrons. The number of amides is 1. The minimum absolute atomic E-state index is 0.0767. The molecule has 1 heterocycles. The Morgan fingerprint density at radius 2 is 1.96 bits per heavy atom. The molecule has 0 aliphatic heterocycles. The number of aromatic nitrogens is 2. The maximum Gasteiger partial charge on any atom is 0.303 e. The van der Waals surface area contributed by atoms with Gasteiger partial charge in [0.15, 0.2) is 0 Å². The Morgan fingerprint density at radius 1 is 1.16 bits per heavy atom. The maximum atomic E-state index is 12.4. The van der Waals surface area contributed by atoms with Crippen LogP contribution in [0.15, 0.2) is 48.7 Å². The molecule has 0 aliphatic rings. The number of nitrogens with zero attached hydrogens (tertiary/aromatic N) is 1. The van der Waals surface area contributed by atoms with Crippen molar-refractivity contribution in [1.82, 2.24) is 10.2 Å². The highest BCUT2D eigenvalue weighted by Gasteiger charge is 2.11. The molecule has 25 heavy (non-hydrogen) atoms. The SMILES string of the molecule is O=C(O)CCCOc1ccc(NC(=O)c2cccc3cn[nH]c23)cc1. The van der Waals surface area contributed by atoms with Crippen molar-refractivity contribution in [1.29, 1.82) is 0 Å². The lowest BCUT2D eigenvalue weighted by Gasteiger charge is -2.08. The lowest BCUT2D eigenvalue weighted by molar-refractivity contribution is -0.137. The molecule has 0 fully saturated rings. The van der Waals surface area contributed by atoms with Crippen LogP contribution in [0.25, 0.3) is 10.9 Å². The van der Waals surface area contributed by atoms with Gasteiger partial charge in [-0.05, 0) is 36.8 Å². The van der Waals surface area contributed by atoms with Gasteiger partial charge in [-0.1, -0.05) is 12.1 Å². The van der Waals surface area contributed by atoms with Gasteiger partial charge in [-0.3, -0.25) is 14.7 Å². The maximum absolute atomic E-state index is 12.4. The first-order valence-electron chi connectivity index (χ1n) is 7.81. The van der Waals surface area contributed by atoms with Crippen LogP contribution in [0, 0.1) is 0 Å². The quantitative estimate of drug-likeness (QED) is 0.574. The summed E-state index contributed by atoms with van der Waals surface area (Å²) in [6.45, 7) is 0.333. The Hall–Kier alpha value is -3.35. The standard InChI is InChI=1S/C18H17N3O4/c22-16(23)5-2-10-25-14-8-6-13(7-9-14)20-18(24)15-4-1-3-12-11-19-21-17(12)15/h1,3-4,6-9,11H,2,5,10H2,(H,19,21)(H,20,24)(H,22,23). The number of anilines is 1. The van der Waals surface area contributed by atoms with Crippen LogP contribution in [0.5, 0.6) is 5.75 Å². The molecule has 0 saturated heterocycles. The van der Waals surface area contributed by atoms with Gasteiger partial charge in [0.05, 0.1) is 23.9 Å². The van der Waals surface area contributed by atoms with Gasteiger partial charge in [0.25, 0.3) is 5.91 Å².